The lowest BCUT2D eigenvalue weighted by atomic mass is 10.0. The van der Waals surface area contributed by atoms with E-state index in [2.05, 4.69) is 16.4 Å². The van der Waals surface area contributed by atoms with Gasteiger partial charge in [0.1, 0.15) is 23.8 Å². The minimum Gasteiger partial charge on any atom is -0.485 e. The van der Waals surface area contributed by atoms with Crippen LogP contribution in [0.25, 0.3) is 0 Å². The normalized spacial score (nSPS) is 13.8. The number of hydrogen-bond donors (Lipinski definition) is 1. The van der Waals surface area contributed by atoms with Gasteiger partial charge in [0, 0.05) is 6.54 Å². The van der Waals surface area contributed by atoms with Gasteiger partial charge in [0.05, 0.1) is 5.69 Å². The molecule has 0 saturated carbocycles. The van der Waals surface area contributed by atoms with Crippen LogP contribution in [-0.2, 0) is 13.0 Å². The predicted molar refractivity (Wildman–Crippen MR) is 68.8 cm³/mol. The molecule has 0 aliphatic carbocycles. The van der Waals surface area contributed by atoms with Crippen molar-refractivity contribution >= 4 is 5.69 Å². The summed E-state index contributed by atoms with van der Waals surface area (Å²) in [6.45, 7) is 3.35. The quantitative estimate of drug-likeness (QED) is 0.901. The van der Waals surface area contributed by atoms with Gasteiger partial charge < -0.3 is 14.5 Å². The van der Waals surface area contributed by atoms with E-state index in [1.54, 1.807) is 0 Å². The zero-order chi connectivity index (χ0) is 12.4. The zero-order valence-corrected chi connectivity index (χ0v) is 10.4. The molecule has 1 N–H and O–H groups in total. The molecule has 4 nitrogen and oxygen atoms in total. The van der Waals surface area contributed by atoms with Crippen molar-refractivity contribution in [3.05, 3.63) is 41.6 Å². The number of nitrogens with one attached hydrogen (secondary N) is 1. The van der Waals surface area contributed by atoms with Crippen LogP contribution in [0.2, 0.25) is 0 Å². The van der Waals surface area contributed by atoms with E-state index in [-0.39, 0.29) is 0 Å². The van der Waals surface area contributed by atoms with Crippen molar-refractivity contribution in [2.24, 2.45) is 0 Å². The van der Waals surface area contributed by atoms with Crippen LogP contribution < -0.4 is 10.1 Å². The maximum atomic E-state index is 5.84. The largest absolute Gasteiger partial charge is 0.485 e. The molecule has 0 saturated heterocycles. The third-order valence-electron chi connectivity index (χ3n) is 3.25. The number of rotatable bonds is 3. The topological polar surface area (TPSA) is 47.3 Å². The van der Waals surface area contributed by atoms with Crippen molar-refractivity contribution in [1.82, 2.24) is 4.98 Å². The van der Waals surface area contributed by atoms with Crippen molar-refractivity contribution in [2.75, 3.05) is 11.9 Å². The molecule has 1 aromatic heterocycles. The molecule has 1 aliphatic heterocycles. The Balaban J connectivity index is 1.79. The van der Waals surface area contributed by atoms with E-state index < -0.39 is 0 Å². The molecule has 0 fully saturated rings. The lowest BCUT2D eigenvalue weighted by Gasteiger charge is -2.20. The number of aromatic nitrogens is 1. The average Bonchev–Trinajstić information content (AvgIpc) is 2.82. The molecular formula is C14H16N2O2. The molecule has 0 spiro atoms. The summed E-state index contributed by atoms with van der Waals surface area (Å²) in [6, 6.07) is 6.18. The van der Waals surface area contributed by atoms with Gasteiger partial charge >= 0.3 is 0 Å². The molecule has 1 aliphatic rings. The molecule has 0 unspecified atom stereocenters. The molecule has 0 radical (unpaired) electrons. The second-order valence-electron chi connectivity index (χ2n) is 4.46. The highest BCUT2D eigenvalue weighted by atomic mass is 16.5. The van der Waals surface area contributed by atoms with E-state index in [1.165, 1.54) is 18.4 Å². The Morgan fingerprint density at radius 1 is 1.44 bits per heavy atom. The summed E-state index contributed by atoms with van der Waals surface area (Å²) in [5.41, 5.74) is 3.31. The number of oxazole rings is 1. The Bertz CT molecular complexity index is 548. The second kappa shape index (κ2) is 4.72. The van der Waals surface area contributed by atoms with Crippen LogP contribution in [0.1, 0.15) is 23.4 Å². The van der Waals surface area contributed by atoms with Gasteiger partial charge in [-0.15, -0.1) is 0 Å². The van der Waals surface area contributed by atoms with Gasteiger partial charge in [-0.1, -0.05) is 12.1 Å². The Morgan fingerprint density at radius 3 is 3.22 bits per heavy atom. The van der Waals surface area contributed by atoms with Crippen molar-refractivity contribution in [2.45, 2.75) is 26.4 Å². The van der Waals surface area contributed by atoms with E-state index in [0.717, 1.165) is 35.9 Å². The summed E-state index contributed by atoms with van der Waals surface area (Å²) >= 11 is 0. The molecular weight excluding hydrogens is 228 g/mol. The van der Waals surface area contributed by atoms with Gasteiger partial charge in [-0.25, -0.2) is 4.98 Å². The molecule has 94 valence electrons. The third-order valence-corrected chi connectivity index (χ3v) is 3.25. The molecule has 0 bridgehead atoms. The highest BCUT2D eigenvalue weighted by Crippen LogP contribution is 2.32. The number of benzene rings is 1. The van der Waals surface area contributed by atoms with Crippen LogP contribution in [0, 0.1) is 6.92 Å². The van der Waals surface area contributed by atoms with Crippen LogP contribution in [-0.4, -0.2) is 11.5 Å². The summed E-state index contributed by atoms with van der Waals surface area (Å²) in [4.78, 5) is 4.13. The first-order valence-corrected chi connectivity index (χ1v) is 6.22. The maximum Gasteiger partial charge on any atom is 0.181 e. The summed E-state index contributed by atoms with van der Waals surface area (Å²) in [6.07, 6.45) is 3.74. The predicted octanol–water partition coefficient (Wildman–Crippen LogP) is 2.92. The first-order chi connectivity index (χ1) is 8.84. The fourth-order valence-electron chi connectivity index (χ4n) is 2.21. The van der Waals surface area contributed by atoms with E-state index in [1.807, 2.05) is 19.1 Å². The molecule has 2 heterocycles. The molecule has 18 heavy (non-hydrogen) atoms. The minimum absolute atomic E-state index is 0.445. The molecule has 2 aromatic rings. The number of aryl methyl sites for hydroxylation is 2. The summed E-state index contributed by atoms with van der Waals surface area (Å²) in [5, 5.41) is 3.41. The van der Waals surface area contributed by atoms with Crippen LogP contribution in [0.5, 0.6) is 5.75 Å². The number of anilines is 1. The molecule has 0 amide bonds. The van der Waals surface area contributed by atoms with Crippen LogP contribution in [0.4, 0.5) is 5.69 Å². The number of hydrogen-bond acceptors (Lipinski definition) is 4. The molecule has 1 aromatic carbocycles. The summed E-state index contributed by atoms with van der Waals surface area (Å²) in [7, 11) is 0. The summed E-state index contributed by atoms with van der Waals surface area (Å²) in [5.74, 6) is 1.71. The lowest BCUT2D eigenvalue weighted by Crippen LogP contribution is -2.13. The molecule has 0 atom stereocenters. The van der Waals surface area contributed by atoms with Crippen molar-refractivity contribution < 1.29 is 9.15 Å². The Hall–Kier alpha value is -1.97. The fourth-order valence-corrected chi connectivity index (χ4v) is 2.21. The van der Waals surface area contributed by atoms with Gasteiger partial charge in [-0.3, -0.25) is 0 Å². The van der Waals surface area contributed by atoms with E-state index >= 15 is 0 Å². The average molecular weight is 244 g/mol. The fraction of sp³-hybridized carbons (Fsp3) is 0.357. The highest BCUT2D eigenvalue weighted by molar-refractivity contribution is 5.63. The van der Waals surface area contributed by atoms with Gasteiger partial charge in [-0.2, -0.15) is 0 Å². The molecule has 4 heteroatoms. The van der Waals surface area contributed by atoms with Crippen molar-refractivity contribution in [3.8, 4) is 5.75 Å². The second-order valence-corrected chi connectivity index (χ2v) is 4.46. The zero-order valence-electron chi connectivity index (χ0n) is 10.4. The van der Waals surface area contributed by atoms with Crippen LogP contribution in [0.3, 0.4) is 0 Å². The van der Waals surface area contributed by atoms with Crippen molar-refractivity contribution in [3.63, 3.8) is 0 Å². The number of ether oxygens (including phenoxy) is 1. The van der Waals surface area contributed by atoms with Gasteiger partial charge in [0.2, 0.25) is 0 Å². The van der Waals surface area contributed by atoms with Gasteiger partial charge in [-0.05, 0) is 31.4 Å². The number of fused-ring (bicyclic) bond motifs is 1. The minimum atomic E-state index is 0.445. The standard InChI is InChI=1S/C14H16N2O2/c1-10-12(16-9-18-10)8-17-13-6-2-4-11-5-3-7-15-14(11)13/h2,4,6,9,15H,3,5,7-8H2,1H3. The number of nitrogens with zero attached hydrogens (tertiary/aromatic N) is 1. The Morgan fingerprint density at radius 2 is 2.39 bits per heavy atom. The smallest absolute Gasteiger partial charge is 0.181 e. The molecule has 3 rings (SSSR count). The van der Waals surface area contributed by atoms with Gasteiger partial charge in [0.25, 0.3) is 0 Å². The van der Waals surface area contributed by atoms with Crippen LogP contribution >= 0.6 is 0 Å². The van der Waals surface area contributed by atoms with Gasteiger partial charge in [0.15, 0.2) is 6.39 Å². The first-order valence-electron chi connectivity index (χ1n) is 6.22. The van der Waals surface area contributed by atoms with E-state index in [4.69, 9.17) is 9.15 Å². The lowest BCUT2D eigenvalue weighted by molar-refractivity contribution is 0.300. The van der Waals surface area contributed by atoms with E-state index in [9.17, 15) is 0 Å². The summed E-state index contributed by atoms with van der Waals surface area (Å²) < 4.78 is 11.0. The van der Waals surface area contributed by atoms with Crippen molar-refractivity contribution in [1.29, 1.82) is 0 Å². The monoisotopic (exact) mass is 244 g/mol. The first kappa shape index (κ1) is 11.1. The highest BCUT2D eigenvalue weighted by Gasteiger charge is 2.14. The SMILES string of the molecule is Cc1ocnc1COc1cccc2c1NCCC2. The number of para-hydroxylation sites is 1. The Kier molecular flexibility index (Phi) is 2.92. The van der Waals surface area contributed by atoms with Crippen LogP contribution in [0.15, 0.2) is 29.0 Å². The maximum absolute atomic E-state index is 5.84. The Labute approximate surface area is 106 Å². The third kappa shape index (κ3) is 2.06. The van der Waals surface area contributed by atoms with E-state index in [0.29, 0.717) is 6.61 Å².